The lowest BCUT2D eigenvalue weighted by atomic mass is 10.2. The second-order valence-corrected chi connectivity index (χ2v) is 8.67. The molecule has 1 fully saturated rings. The fraction of sp³-hybridized carbons (Fsp3) is 0.538. The van der Waals surface area contributed by atoms with Gasteiger partial charge in [-0.2, -0.15) is 4.31 Å². The fourth-order valence-corrected chi connectivity index (χ4v) is 5.49. The number of rotatable bonds is 2. The summed E-state index contributed by atoms with van der Waals surface area (Å²) in [4.78, 5) is 0.288. The van der Waals surface area contributed by atoms with Gasteiger partial charge in [-0.15, -0.1) is 0 Å². The van der Waals surface area contributed by atoms with E-state index >= 15 is 0 Å². The standard InChI is InChI=1S/C13H17Br2NO3S/c1-8-4-12(15)13(5-11(8)14)20(17,18)16-6-10(3)19-7-9(16)2/h4-5,9-10H,6-7H2,1-3H3. The highest BCUT2D eigenvalue weighted by Crippen LogP contribution is 2.32. The van der Waals surface area contributed by atoms with Gasteiger partial charge in [0.25, 0.3) is 0 Å². The Hall–Kier alpha value is 0.0500. The first-order chi connectivity index (χ1) is 9.23. The molecule has 1 aromatic rings. The number of halogens is 2. The molecule has 1 aliphatic rings. The van der Waals surface area contributed by atoms with E-state index in [0.717, 1.165) is 10.0 Å². The van der Waals surface area contributed by atoms with Gasteiger partial charge in [-0.1, -0.05) is 15.9 Å². The Kier molecular flexibility index (Phi) is 4.96. The van der Waals surface area contributed by atoms with E-state index in [-0.39, 0.29) is 17.0 Å². The summed E-state index contributed by atoms with van der Waals surface area (Å²) in [6.07, 6.45) is -0.0892. The van der Waals surface area contributed by atoms with Gasteiger partial charge in [0.05, 0.1) is 17.6 Å². The molecule has 4 nitrogen and oxygen atoms in total. The molecule has 0 spiro atoms. The van der Waals surface area contributed by atoms with Crippen LogP contribution in [0.5, 0.6) is 0 Å². The molecular weight excluding hydrogens is 410 g/mol. The molecule has 7 heteroatoms. The summed E-state index contributed by atoms with van der Waals surface area (Å²) in [5, 5.41) is 0. The lowest BCUT2D eigenvalue weighted by Gasteiger charge is -2.35. The van der Waals surface area contributed by atoms with E-state index in [1.807, 2.05) is 26.8 Å². The number of hydrogen-bond donors (Lipinski definition) is 0. The van der Waals surface area contributed by atoms with Crippen LogP contribution in [0.4, 0.5) is 0 Å². The SMILES string of the molecule is Cc1cc(Br)c(S(=O)(=O)N2CC(C)OCC2C)cc1Br. The zero-order chi connectivity index (χ0) is 15.1. The van der Waals surface area contributed by atoms with Crippen molar-refractivity contribution in [2.45, 2.75) is 37.8 Å². The number of sulfonamides is 1. The molecule has 1 aromatic carbocycles. The topological polar surface area (TPSA) is 46.6 Å². The zero-order valence-corrected chi connectivity index (χ0v) is 15.5. The van der Waals surface area contributed by atoms with Crippen molar-refractivity contribution in [2.75, 3.05) is 13.2 Å². The average molecular weight is 427 g/mol. The van der Waals surface area contributed by atoms with E-state index in [1.165, 1.54) is 4.31 Å². The summed E-state index contributed by atoms with van der Waals surface area (Å²) in [7, 11) is -3.54. The lowest BCUT2D eigenvalue weighted by Crippen LogP contribution is -2.50. The Labute approximate surface area is 136 Å². The molecule has 2 unspecified atom stereocenters. The van der Waals surface area contributed by atoms with Gasteiger partial charge in [-0.05, 0) is 54.4 Å². The predicted octanol–water partition coefficient (Wildman–Crippen LogP) is 3.32. The largest absolute Gasteiger partial charge is 0.375 e. The van der Waals surface area contributed by atoms with Crippen molar-refractivity contribution >= 4 is 41.9 Å². The monoisotopic (exact) mass is 425 g/mol. The van der Waals surface area contributed by atoms with Crippen LogP contribution in [0.1, 0.15) is 19.4 Å². The van der Waals surface area contributed by atoms with E-state index in [1.54, 1.807) is 6.07 Å². The van der Waals surface area contributed by atoms with Gasteiger partial charge >= 0.3 is 0 Å². The van der Waals surface area contributed by atoms with E-state index in [9.17, 15) is 8.42 Å². The van der Waals surface area contributed by atoms with Crippen LogP contribution in [0.25, 0.3) is 0 Å². The molecule has 1 aliphatic heterocycles. The molecule has 0 aliphatic carbocycles. The van der Waals surface area contributed by atoms with E-state index < -0.39 is 10.0 Å². The molecule has 0 amide bonds. The van der Waals surface area contributed by atoms with Crippen molar-refractivity contribution in [3.63, 3.8) is 0 Å². The molecule has 2 atom stereocenters. The summed E-state index contributed by atoms with van der Waals surface area (Å²) < 4.78 is 34.1. The normalized spacial score (nSPS) is 24.9. The van der Waals surface area contributed by atoms with Crippen LogP contribution >= 0.6 is 31.9 Å². The maximum absolute atomic E-state index is 12.8. The van der Waals surface area contributed by atoms with Crippen LogP contribution in [0.15, 0.2) is 26.0 Å². The summed E-state index contributed by atoms with van der Waals surface area (Å²) in [6, 6.07) is 3.30. The van der Waals surface area contributed by atoms with Gasteiger partial charge in [0.1, 0.15) is 0 Å². The van der Waals surface area contributed by atoms with Gasteiger partial charge in [0.15, 0.2) is 0 Å². The van der Waals surface area contributed by atoms with Crippen LogP contribution in [-0.2, 0) is 14.8 Å². The van der Waals surface area contributed by atoms with Crippen molar-refractivity contribution in [2.24, 2.45) is 0 Å². The molecule has 0 radical (unpaired) electrons. The summed E-state index contributed by atoms with van der Waals surface area (Å²) in [6.45, 7) is 6.46. The third-order valence-corrected chi connectivity index (χ3v) is 7.14. The van der Waals surface area contributed by atoms with E-state index in [2.05, 4.69) is 31.9 Å². The van der Waals surface area contributed by atoms with Crippen molar-refractivity contribution in [1.82, 2.24) is 4.31 Å². The van der Waals surface area contributed by atoms with Gasteiger partial charge in [-0.3, -0.25) is 0 Å². The Morgan fingerprint density at radius 1 is 1.25 bits per heavy atom. The van der Waals surface area contributed by atoms with Crippen LogP contribution in [-0.4, -0.2) is 38.0 Å². The summed E-state index contributed by atoms with van der Waals surface area (Å²) >= 11 is 6.76. The molecule has 1 saturated heterocycles. The molecule has 0 N–H and O–H groups in total. The molecule has 0 saturated carbocycles. The van der Waals surface area contributed by atoms with Gasteiger partial charge in [0, 0.05) is 21.5 Å². The number of nitrogens with zero attached hydrogens (tertiary/aromatic N) is 1. The minimum atomic E-state index is -3.54. The number of aryl methyl sites for hydroxylation is 1. The Bertz CT molecular complexity index is 618. The maximum atomic E-state index is 12.8. The Morgan fingerprint density at radius 3 is 2.55 bits per heavy atom. The average Bonchev–Trinajstić information content (AvgIpc) is 2.36. The quantitative estimate of drug-likeness (QED) is 0.728. The maximum Gasteiger partial charge on any atom is 0.244 e. The number of benzene rings is 1. The lowest BCUT2D eigenvalue weighted by molar-refractivity contribution is -0.0170. The highest BCUT2D eigenvalue weighted by molar-refractivity contribution is 9.11. The first kappa shape index (κ1) is 16.4. The second-order valence-electron chi connectivity index (χ2n) is 5.10. The fourth-order valence-electron chi connectivity index (χ4n) is 2.16. The molecule has 0 aromatic heterocycles. The Balaban J connectivity index is 2.47. The smallest absolute Gasteiger partial charge is 0.244 e. The highest BCUT2D eigenvalue weighted by Gasteiger charge is 2.35. The molecule has 112 valence electrons. The van der Waals surface area contributed by atoms with Gasteiger partial charge < -0.3 is 4.74 Å². The second kappa shape index (κ2) is 6.04. The van der Waals surface area contributed by atoms with Crippen molar-refractivity contribution in [1.29, 1.82) is 0 Å². The predicted molar refractivity (Wildman–Crippen MR) is 85.3 cm³/mol. The molecule has 20 heavy (non-hydrogen) atoms. The number of ether oxygens (including phenoxy) is 1. The Morgan fingerprint density at radius 2 is 1.90 bits per heavy atom. The highest BCUT2D eigenvalue weighted by atomic mass is 79.9. The van der Waals surface area contributed by atoms with Crippen LogP contribution in [0, 0.1) is 6.92 Å². The van der Waals surface area contributed by atoms with Crippen LogP contribution in [0.2, 0.25) is 0 Å². The van der Waals surface area contributed by atoms with Crippen LogP contribution in [0.3, 0.4) is 0 Å². The third kappa shape index (κ3) is 3.11. The van der Waals surface area contributed by atoms with Gasteiger partial charge in [0.2, 0.25) is 10.0 Å². The minimum absolute atomic E-state index is 0.0892. The van der Waals surface area contributed by atoms with Crippen LogP contribution < -0.4 is 0 Å². The zero-order valence-electron chi connectivity index (χ0n) is 11.6. The first-order valence-corrected chi connectivity index (χ1v) is 9.35. The summed E-state index contributed by atoms with van der Waals surface area (Å²) in [5.74, 6) is 0. The third-order valence-electron chi connectivity index (χ3n) is 3.35. The van der Waals surface area contributed by atoms with Gasteiger partial charge in [-0.25, -0.2) is 8.42 Å². The van der Waals surface area contributed by atoms with Crippen molar-refractivity contribution < 1.29 is 13.2 Å². The minimum Gasteiger partial charge on any atom is -0.375 e. The number of hydrogen-bond acceptors (Lipinski definition) is 3. The molecular formula is C13H17Br2NO3S. The number of morpholine rings is 1. The summed E-state index contributed by atoms with van der Waals surface area (Å²) in [5.41, 5.74) is 0.985. The molecule has 2 rings (SSSR count). The molecule has 1 heterocycles. The van der Waals surface area contributed by atoms with Crippen molar-refractivity contribution in [3.05, 3.63) is 26.6 Å². The molecule has 0 bridgehead atoms. The first-order valence-electron chi connectivity index (χ1n) is 6.32. The van der Waals surface area contributed by atoms with Crippen molar-refractivity contribution in [3.8, 4) is 0 Å². The van der Waals surface area contributed by atoms with E-state index in [0.29, 0.717) is 17.6 Å². The van der Waals surface area contributed by atoms with E-state index in [4.69, 9.17) is 4.74 Å².